The van der Waals surface area contributed by atoms with Crippen molar-refractivity contribution in [2.24, 2.45) is 0 Å². The number of piperazine rings is 1. The van der Waals surface area contributed by atoms with Crippen LogP contribution in [0.15, 0.2) is 48.5 Å². The van der Waals surface area contributed by atoms with E-state index in [1.165, 1.54) is 5.56 Å². The van der Waals surface area contributed by atoms with Gasteiger partial charge in [-0.1, -0.05) is 29.4 Å². The Bertz CT molecular complexity index is 921. The fraction of sp³-hybridized carbons (Fsp3) is 0.316. The van der Waals surface area contributed by atoms with Crippen LogP contribution in [0.3, 0.4) is 0 Å². The molecular formula is C19H20N6O2. The second kappa shape index (κ2) is 6.88. The van der Waals surface area contributed by atoms with Crippen LogP contribution in [0, 0.1) is 0 Å². The molecule has 0 bridgehead atoms. The van der Waals surface area contributed by atoms with E-state index in [0.29, 0.717) is 6.79 Å². The average molecular weight is 364 g/mol. The fourth-order valence-electron chi connectivity index (χ4n) is 3.52. The summed E-state index contributed by atoms with van der Waals surface area (Å²) < 4.78 is 12.7. The third-order valence-electron chi connectivity index (χ3n) is 4.95. The number of tetrazole rings is 1. The molecule has 0 spiro atoms. The predicted octanol–water partition coefficient (Wildman–Crippen LogP) is 1.71. The number of hydrogen-bond acceptors (Lipinski definition) is 7. The van der Waals surface area contributed by atoms with E-state index in [-0.39, 0.29) is 0 Å². The lowest BCUT2D eigenvalue weighted by atomic mass is 10.1. The number of hydrogen-bond donors (Lipinski definition) is 0. The van der Waals surface area contributed by atoms with Gasteiger partial charge in [-0.15, -0.1) is 0 Å². The maximum atomic E-state index is 5.48. The summed E-state index contributed by atoms with van der Waals surface area (Å²) in [6.07, 6.45) is 0. The summed E-state index contributed by atoms with van der Waals surface area (Å²) in [4.78, 5) is 4.67. The number of fused-ring (bicyclic) bond motifs is 1. The third kappa shape index (κ3) is 3.19. The van der Waals surface area contributed by atoms with Gasteiger partial charge in [-0.3, -0.25) is 4.90 Å². The normalized spacial score (nSPS) is 16.7. The zero-order chi connectivity index (χ0) is 18.1. The quantitative estimate of drug-likeness (QED) is 0.698. The molecule has 5 rings (SSSR count). The van der Waals surface area contributed by atoms with Crippen LogP contribution in [0.5, 0.6) is 11.5 Å². The summed E-state index contributed by atoms with van der Waals surface area (Å²) in [7, 11) is 0. The maximum Gasteiger partial charge on any atom is 0.250 e. The molecule has 8 heteroatoms. The number of anilines is 1. The Hall–Kier alpha value is -3.13. The van der Waals surface area contributed by atoms with Crippen molar-refractivity contribution in [1.29, 1.82) is 0 Å². The van der Waals surface area contributed by atoms with Crippen molar-refractivity contribution in [2.45, 2.75) is 6.54 Å². The average Bonchev–Trinajstić information content (AvgIpc) is 3.38. The molecule has 0 atom stereocenters. The van der Waals surface area contributed by atoms with Crippen molar-refractivity contribution in [3.63, 3.8) is 0 Å². The minimum absolute atomic E-state index is 0.313. The zero-order valence-corrected chi connectivity index (χ0v) is 14.9. The van der Waals surface area contributed by atoms with Gasteiger partial charge in [-0.25, -0.2) is 0 Å². The van der Waals surface area contributed by atoms with Gasteiger partial charge in [0.1, 0.15) is 0 Å². The summed E-state index contributed by atoms with van der Waals surface area (Å²) >= 11 is 0. The molecule has 1 aromatic heterocycles. The van der Waals surface area contributed by atoms with Gasteiger partial charge in [0.05, 0.1) is 5.69 Å². The molecule has 138 valence electrons. The topological polar surface area (TPSA) is 68.5 Å². The van der Waals surface area contributed by atoms with E-state index in [4.69, 9.17) is 9.47 Å². The Morgan fingerprint density at radius 2 is 1.70 bits per heavy atom. The zero-order valence-electron chi connectivity index (χ0n) is 14.9. The van der Waals surface area contributed by atoms with Crippen molar-refractivity contribution in [2.75, 3.05) is 37.9 Å². The maximum absolute atomic E-state index is 5.48. The first-order valence-corrected chi connectivity index (χ1v) is 9.06. The van der Waals surface area contributed by atoms with Crippen LogP contribution < -0.4 is 14.4 Å². The lowest BCUT2D eigenvalue weighted by molar-refractivity contribution is 0.174. The molecule has 8 nitrogen and oxygen atoms in total. The summed E-state index contributed by atoms with van der Waals surface area (Å²) in [5.41, 5.74) is 2.21. The molecule has 2 aromatic carbocycles. The van der Waals surface area contributed by atoms with Crippen molar-refractivity contribution in [3.05, 3.63) is 54.1 Å². The molecule has 0 saturated carbocycles. The highest BCUT2D eigenvalue weighted by Gasteiger charge is 2.23. The Balaban J connectivity index is 1.24. The SMILES string of the molecule is c1ccc(-n2nnnc2N2CCN(Cc3ccc4c(c3)OCO4)CC2)cc1. The van der Waals surface area contributed by atoms with E-state index in [2.05, 4.69) is 37.5 Å². The van der Waals surface area contributed by atoms with E-state index in [1.54, 1.807) is 4.68 Å². The Labute approximate surface area is 156 Å². The number of para-hydroxylation sites is 1. The molecule has 1 saturated heterocycles. The second-order valence-corrected chi connectivity index (χ2v) is 6.68. The summed E-state index contributed by atoms with van der Waals surface area (Å²) in [6, 6.07) is 16.2. The molecule has 27 heavy (non-hydrogen) atoms. The van der Waals surface area contributed by atoms with E-state index >= 15 is 0 Å². The van der Waals surface area contributed by atoms with Crippen molar-refractivity contribution < 1.29 is 9.47 Å². The smallest absolute Gasteiger partial charge is 0.250 e. The number of ether oxygens (including phenoxy) is 2. The van der Waals surface area contributed by atoms with Crippen LogP contribution >= 0.6 is 0 Å². The van der Waals surface area contributed by atoms with Gasteiger partial charge < -0.3 is 14.4 Å². The fourth-order valence-corrected chi connectivity index (χ4v) is 3.52. The van der Waals surface area contributed by atoms with E-state index in [0.717, 1.165) is 55.9 Å². The summed E-state index contributed by atoms with van der Waals surface area (Å²) in [6.45, 7) is 4.89. The van der Waals surface area contributed by atoms with Gasteiger partial charge in [-0.2, -0.15) is 4.68 Å². The Morgan fingerprint density at radius 3 is 2.56 bits per heavy atom. The molecule has 0 N–H and O–H groups in total. The minimum atomic E-state index is 0.313. The predicted molar refractivity (Wildman–Crippen MR) is 99.2 cm³/mol. The number of nitrogens with zero attached hydrogens (tertiary/aromatic N) is 6. The van der Waals surface area contributed by atoms with Gasteiger partial charge in [0.2, 0.25) is 12.7 Å². The van der Waals surface area contributed by atoms with Crippen molar-refractivity contribution >= 4 is 5.95 Å². The van der Waals surface area contributed by atoms with Gasteiger partial charge >= 0.3 is 0 Å². The molecule has 0 amide bonds. The highest BCUT2D eigenvalue weighted by molar-refractivity contribution is 5.44. The van der Waals surface area contributed by atoms with Gasteiger partial charge in [-0.05, 0) is 40.3 Å². The minimum Gasteiger partial charge on any atom is -0.454 e. The van der Waals surface area contributed by atoms with Crippen molar-refractivity contribution in [1.82, 2.24) is 25.1 Å². The number of benzene rings is 2. The standard InChI is InChI=1S/C19H20N6O2/c1-2-4-16(5-3-1)25-19(20-21-22-25)24-10-8-23(9-11-24)13-15-6-7-17-18(12-15)27-14-26-17/h1-7,12H,8-11,13-14H2. The van der Waals surface area contributed by atoms with Crippen LogP contribution in [-0.4, -0.2) is 58.1 Å². The van der Waals surface area contributed by atoms with E-state index in [9.17, 15) is 0 Å². The van der Waals surface area contributed by atoms with Crippen LogP contribution in [0.1, 0.15) is 5.56 Å². The molecule has 3 heterocycles. The van der Waals surface area contributed by atoms with Gasteiger partial charge in [0.15, 0.2) is 11.5 Å². The first-order chi connectivity index (χ1) is 13.4. The molecule has 0 aliphatic carbocycles. The van der Waals surface area contributed by atoms with E-state index in [1.807, 2.05) is 36.4 Å². The Kier molecular flexibility index (Phi) is 4.10. The lowest BCUT2D eigenvalue weighted by Gasteiger charge is -2.34. The largest absolute Gasteiger partial charge is 0.454 e. The van der Waals surface area contributed by atoms with Crippen LogP contribution in [0.4, 0.5) is 5.95 Å². The first-order valence-electron chi connectivity index (χ1n) is 9.06. The molecule has 3 aromatic rings. The molecule has 2 aliphatic heterocycles. The summed E-state index contributed by atoms with van der Waals surface area (Å²) in [5, 5.41) is 12.3. The highest BCUT2D eigenvalue weighted by Crippen LogP contribution is 2.32. The number of aromatic nitrogens is 4. The number of rotatable bonds is 4. The molecule has 2 aliphatic rings. The van der Waals surface area contributed by atoms with Crippen LogP contribution in [-0.2, 0) is 6.54 Å². The second-order valence-electron chi connectivity index (χ2n) is 6.68. The third-order valence-corrected chi connectivity index (χ3v) is 4.95. The van der Waals surface area contributed by atoms with Crippen molar-refractivity contribution in [3.8, 4) is 17.2 Å². The van der Waals surface area contributed by atoms with E-state index < -0.39 is 0 Å². The van der Waals surface area contributed by atoms with Crippen LogP contribution in [0.2, 0.25) is 0 Å². The lowest BCUT2D eigenvalue weighted by Crippen LogP contribution is -2.46. The summed E-state index contributed by atoms with van der Waals surface area (Å²) in [5.74, 6) is 2.47. The first kappa shape index (κ1) is 16.1. The molecule has 0 radical (unpaired) electrons. The molecule has 0 unspecified atom stereocenters. The molecule has 1 fully saturated rings. The highest BCUT2D eigenvalue weighted by atomic mass is 16.7. The monoisotopic (exact) mass is 364 g/mol. The van der Waals surface area contributed by atoms with Gasteiger partial charge in [0, 0.05) is 32.7 Å². The molecular weight excluding hydrogens is 344 g/mol. The Morgan fingerprint density at radius 1 is 0.889 bits per heavy atom. The van der Waals surface area contributed by atoms with Gasteiger partial charge in [0.25, 0.3) is 0 Å². The van der Waals surface area contributed by atoms with Crippen LogP contribution in [0.25, 0.3) is 5.69 Å².